The van der Waals surface area contributed by atoms with Crippen LogP contribution in [0.2, 0.25) is 0 Å². The Labute approximate surface area is 75.0 Å². The van der Waals surface area contributed by atoms with Crippen LogP contribution in [0.3, 0.4) is 0 Å². The number of allylic oxidation sites excluding steroid dienone is 1. The number of hydrogen-bond donors (Lipinski definition) is 1. The normalized spacial score (nSPS) is 9.33. The van der Waals surface area contributed by atoms with Crippen molar-refractivity contribution in [3.8, 4) is 0 Å². The lowest BCUT2D eigenvalue weighted by molar-refractivity contribution is -0.109. The van der Waals surface area contributed by atoms with E-state index in [2.05, 4.69) is 11.9 Å². The van der Waals surface area contributed by atoms with Crippen molar-refractivity contribution in [2.24, 2.45) is 0 Å². The van der Waals surface area contributed by atoms with Crippen LogP contribution in [0.4, 0.5) is 0 Å². The first-order chi connectivity index (χ1) is 5.91. The van der Waals surface area contributed by atoms with Gasteiger partial charge < -0.3 is 5.32 Å². The van der Waals surface area contributed by atoms with Gasteiger partial charge in [0.05, 0.1) is 0 Å². The van der Waals surface area contributed by atoms with E-state index < -0.39 is 0 Å². The minimum Gasteiger partial charge on any atom is -0.359 e. The molecule has 0 aliphatic rings. The highest BCUT2D eigenvalue weighted by Gasteiger charge is 1.88. The van der Waals surface area contributed by atoms with Gasteiger partial charge in [0.15, 0.2) is 0 Å². The highest BCUT2D eigenvalue weighted by atomic mass is 16.1. The third kappa shape index (κ3) is 9.21. The molecule has 0 aliphatic carbocycles. The predicted molar refractivity (Wildman–Crippen MR) is 52.0 cm³/mol. The maximum Gasteiger partial charge on any atom is 0.207 e. The molecule has 0 aromatic heterocycles. The Hall–Kier alpha value is -0.790. The van der Waals surface area contributed by atoms with Crippen molar-refractivity contribution < 1.29 is 4.79 Å². The second-order valence-corrected chi connectivity index (χ2v) is 2.92. The van der Waals surface area contributed by atoms with Crippen molar-refractivity contribution >= 4 is 6.41 Å². The van der Waals surface area contributed by atoms with Gasteiger partial charge in [0.2, 0.25) is 6.41 Å². The molecule has 0 saturated carbocycles. The Bertz CT molecular complexity index is 98.4. The van der Waals surface area contributed by atoms with Crippen molar-refractivity contribution in [3.63, 3.8) is 0 Å². The number of carbonyl (C=O) groups excluding carboxylic acids is 1. The molecule has 0 unspecified atom stereocenters. The summed E-state index contributed by atoms with van der Waals surface area (Å²) in [6.07, 6.45) is 10.00. The quantitative estimate of drug-likeness (QED) is 0.320. The van der Waals surface area contributed by atoms with Crippen molar-refractivity contribution in [2.45, 2.75) is 38.5 Å². The average molecular weight is 169 g/mol. The van der Waals surface area contributed by atoms with Gasteiger partial charge in [-0.25, -0.2) is 0 Å². The van der Waals surface area contributed by atoms with E-state index in [4.69, 9.17) is 0 Å². The summed E-state index contributed by atoms with van der Waals surface area (Å²) in [5.74, 6) is 0. The summed E-state index contributed by atoms with van der Waals surface area (Å²) in [5.41, 5.74) is 0. The van der Waals surface area contributed by atoms with Gasteiger partial charge in [-0.1, -0.05) is 25.3 Å². The fourth-order valence-corrected chi connectivity index (χ4v) is 1.10. The number of nitrogens with one attached hydrogen (secondary N) is 1. The summed E-state index contributed by atoms with van der Waals surface area (Å²) < 4.78 is 0. The molecule has 0 aromatic carbocycles. The van der Waals surface area contributed by atoms with Gasteiger partial charge in [0, 0.05) is 6.54 Å². The number of hydrogen-bond acceptors (Lipinski definition) is 1. The SMILES string of the molecule is C=CCCCCCCCNC=O. The summed E-state index contributed by atoms with van der Waals surface area (Å²) in [7, 11) is 0. The van der Waals surface area contributed by atoms with E-state index in [0.29, 0.717) is 0 Å². The summed E-state index contributed by atoms with van der Waals surface area (Å²) >= 11 is 0. The second-order valence-electron chi connectivity index (χ2n) is 2.92. The highest BCUT2D eigenvalue weighted by Crippen LogP contribution is 2.04. The maximum absolute atomic E-state index is 9.86. The minimum absolute atomic E-state index is 0.762. The average Bonchev–Trinajstić information content (AvgIpc) is 2.10. The summed E-state index contributed by atoms with van der Waals surface area (Å²) in [6, 6.07) is 0. The van der Waals surface area contributed by atoms with E-state index in [9.17, 15) is 4.79 Å². The molecule has 0 aromatic rings. The van der Waals surface area contributed by atoms with Crippen LogP contribution in [0.1, 0.15) is 38.5 Å². The van der Waals surface area contributed by atoms with Crippen LogP contribution in [0.25, 0.3) is 0 Å². The molecule has 2 heteroatoms. The van der Waals surface area contributed by atoms with Crippen LogP contribution >= 0.6 is 0 Å². The molecule has 0 aliphatic heterocycles. The first-order valence-electron chi connectivity index (χ1n) is 4.69. The Morgan fingerprint density at radius 3 is 2.42 bits per heavy atom. The zero-order valence-electron chi connectivity index (χ0n) is 7.72. The Morgan fingerprint density at radius 2 is 1.75 bits per heavy atom. The fraction of sp³-hybridized carbons (Fsp3) is 0.700. The van der Waals surface area contributed by atoms with Crippen molar-refractivity contribution in [1.82, 2.24) is 5.32 Å². The highest BCUT2D eigenvalue weighted by molar-refractivity contribution is 5.45. The third-order valence-corrected chi connectivity index (χ3v) is 1.81. The molecular weight excluding hydrogens is 150 g/mol. The Balaban J connectivity index is 2.81. The van der Waals surface area contributed by atoms with Gasteiger partial charge in [0.25, 0.3) is 0 Å². The smallest absolute Gasteiger partial charge is 0.207 e. The maximum atomic E-state index is 9.86. The molecule has 0 bridgehead atoms. The second kappa shape index (κ2) is 10.2. The predicted octanol–water partition coefficient (Wildman–Crippen LogP) is 2.26. The molecule has 0 fully saturated rings. The van der Waals surface area contributed by atoms with E-state index in [1.54, 1.807) is 0 Å². The zero-order valence-corrected chi connectivity index (χ0v) is 7.72. The van der Waals surface area contributed by atoms with Gasteiger partial charge in [-0.15, -0.1) is 6.58 Å². The lowest BCUT2D eigenvalue weighted by Gasteiger charge is -1.99. The van der Waals surface area contributed by atoms with E-state index in [0.717, 1.165) is 25.8 Å². The van der Waals surface area contributed by atoms with E-state index >= 15 is 0 Å². The largest absolute Gasteiger partial charge is 0.359 e. The summed E-state index contributed by atoms with van der Waals surface area (Å²) in [5, 5.41) is 2.65. The molecule has 0 rings (SSSR count). The molecule has 0 atom stereocenters. The molecule has 2 nitrogen and oxygen atoms in total. The van der Waals surface area contributed by atoms with E-state index in [1.165, 1.54) is 25.7 Å². The molecule has 12 heavy (non-hydrogen) atoms. The topological polar surface area (TPSA) is 29.1 Å². The van der Waals surface area contributed by atoms with E-state index in [1.807, 2.05) is 6.08 Å². The first-order valence-corrected chi connectivity index (χ1v) is 4.69. The number of unbranched alkanes of at least 4 members (excludes halogenated alkanes) is 5. The van der Waals surface area contributed by atoms with Crippen molar-refractivity contribution in [1.29, 1.82) is 0 Å². The first kappa shape index (κ1) is 11.2. The lowest BCUT2D eigenvalue weighted by Crippen LogP contribution is -2.11. The monoisotopic (exact) mass is 169 g/mol. The number of amides is 1. The number of carbonyl (C=O) groups is 1. The summed E-state index contributed by atoms with van der Waals surface area (Å²) in [4.78, 5) is 9.86. The Morgan fingerprint density at radius 1 is 1.08 bits per heavy atom. The van der Waals surface area contributed by atoms with Crippen LogP contribution in [-0.2, 0) is 4.79 Å². The number of rotatable bonds is 9. The van der Waals surface area contributed by atoms with E-state index in [-0.39, 0.29) is 0 Å². The molecule has 0 heterocycles. The van der Waals surface area contributed by atoms with Crippen LogP contribution in [0.15, 0.2) is 12.7 Å². The third-order valence-electron chi connectivity index (χ3n) is 1.81. The van der Waals surface area contributed by atoms with Gasteiger partial charge in [-0.2, -0.15) is 0 Å². The van der Waals surface area contributed by atoms with Crippen LogP contribution in [-0.4, -0.2) is 13.0 Å². The summed E-state index contributed by atoms with van der Waals surface area (Å²) in [6.45, 7) is 4.49. The lowest BCUT2D eigenvalue weighted by atomic mass is 10.1. The molecular formula is C10H19NO. The van der Waals surface area contributed by atoms with Gasteiger partial charge in [-0.3, -0.25) is 4.79 Å². The molecule has 0 radical (unpaired) electrons. The van der Waals surface area contributed by atoms with Crippen LogP contribution in [0.5, 0.6) is 0 Å². The van der Waals surface area contributed by atoms with Crippen molar-refractivity contribution in [2.75, 3.05) is 6.54 Å². The van der Waals surface area contributed by atoms with Gasteiger partial charge in [0.1, 0.15) is 0 Å². The molecule has 0 spiro atoms. The van der Waals surface area contributed by atoms with Crippen molar-refractivity contribution in [3.05, 3.63) is 12.7 Å². The Kier molecular flexibility index (Phi) is 9.54. The molecule has 70 valence electrons. The van der Waals surface area contributed by atoms with Crippen LogP contribution in [0, 0.1) is 0 Å². The zero-order chi connectivity index (χ0) is 9.07. The fourth-order valence-electron chi connectivity index (χ4n) is 1.10. The standard InChI is InChI=1S/C10H19NO/c1-2-3-4-5-6-7-8-9-11-10-12/h2,10H,1,3-9H2,(H,11,12). The van der Waals surface area contributed by atoms with Gasteiger partial charge in [-0.05, 0) is 19.3 Å². The van der Waals surface area contributed by atoms with Gasteiger partial charge >= 0.3 is 0 Å². The molecule has 1 N–H and O–H groups in total. The molecule has 1 amide bonds. The minimum atomic E-state index is 0.762. The molecule has 0 saturated heterocycles. The van der Waals surface area contributed by atoms with Crippen LogP contribution < -0.4 is 5.32 Å².